The van der Waals surface area contributed by atoms with Gasteiger partial charge in [0.05, 0.1) is 41.9 Å². The largest absolute Gasteiger partial charge is 0.466 e. The molecular formula is C28H20FN3O3. The van der Waals surface area contributed by atoms with Crippen LogP contribution >= 0.6 is 0 Å². The highest BCUT2D eigenvalue weighted by molar-refractivity contribution is 6.53. The van der Waals surface area contributed by atoms with E-state index >= 15 is 0 Å². The molecule has 0 saturated carbocycles. The van der Waals surface area contributed by atoms with Gasteiger partial charge in [-0.3, -0.25) is 9.79 Å². The predicted octanol–water partition coefficient (Wildman–Crippen LogP) is 4.92. The average molecular weight is 465 g/mol. The van der Waals surface area contributed by atoms with Crippen molar-refractivity contribution in [2.75, 3.05) is 13.7 Å². The first-order valence-corrected chi connectivity index (χ1v) is 10.9. The Bertz CT molecular complexity index is 1470. The first kappa shape index (κ1) is 22.2. The third-order valence-electron chi connectivity index (χ3n) is 5.68. The van der Waals surface area contributed by atoms with E-state index in [1.54, 1.807) is 47.2 Å². The number of para-hydroxylation sites is 1. The van der Waals surface area contributed by atoms with Crippen LogP contribution in [0.4, 0.5) is 4.39 Å². The monoisotopic (exact) mass is 465 g/mol. The van der Waals surface area contributed by atoms with Gasteiger partial charge in [-0.2, -0.15) is 5.10 Å². The average Bonchev–Trinajstić information content (AvgIpc) is 3.17. The quantitative estimate of drug-likeness (QED) is 0.310. The molecule has 3 aromatic carbocycles. The Labute approximate surface area is 201 Å². The van der Waals surface area contributed by atoms with Crippen LogP contribution in [0.1, 0.15) is 21.6 Å². The smallest absolute Gasteiger partial charge is 0.335 e. The lowest BCUT2D eigenvalue weighted by Crippen LogP contribution is -2.18. The van der Waals surface area contributed by atoms with Crippen LogP contribution < -0.4 is 0 Å². The van der Waals surface area contributed by atoms with Crippen LogP contribution in [0.3, 0.4) is 0 Å². The second-order valence-electron chi connectivity index (χ2n) is 7.88. The minimum absolute atomic E-state index is 0.0366. The van der Waals surface area contributed by atoms with Gasteiger partial charge in [-0.05, 0) is 42.5 Å². The molecule has 35 heavy (non-hydrogen) atoms. The van der Waals surface area contributed by atoms with E-state index in [2.05, 4.69) is 4.99 Å². The number of Topliss-reactive ketones (excluding diaryl/α,β-unsaturated/α-hetero) is 1. The van der Waals surface area contributed by atoms with Crippen LogP contribution in [0, 0.1) is 5.82 Å². The SMILES string of the molecule is COC(=O)C1=Cc2nn(-c3ccccc3)c(-c3ccc(F)cc3)c2C(C(=O)c2ccccc2)=NC1. The van der Waals surface area contributed by atoms with Crippen molar-refractivity contribution in [1.82, 2.24) is 9.78 Å². The number of carbonyl (C=O) groups is 2. The van der Waals surface area contributed by atoms with Crippen molar-refractivity contribution in [3.63, 3.8) is 0 Å². The van der Waals surface area contributed by atoms with E-state index in [4.69, 9.17) is 9.84 Å². The van der Waals surface area contributed by atoms with Crippen molar-refractivity contribution in [3.8, 4) is 16.9 Å². The lowest BCUT2D eigenvalue weighted by atomic mass is 9.95. The number of aliphatic imine (C=N–C) groups is 1. The maximum Gasteiger partial charge on any atom is 0.335 e. The standard InChI is InChI=1S/C28H20FN3O3/c1-35-28(34)20-16-23-24(25(30-17-20)27(33)19-8-4-2-5-9-19)26(18-12-14-21(29)15-13-18)32(31-23)22-10-6-3-7-11-22/h2-16H,17H2,1H3. The topological polar surface area (TPSA) is 73.5 Å². The number of rotatable bonds is 5. The number of carbonyl (C=O) groups excluding carboxylic acids is 2. The molecule has 7 heteroatoms. The van der Waals surface area contributed by atoms with E-state index in [1.165, 1.54) is 19.2 Å². The summed E-state index contributed by atoms with van der Waals surface area (Å²) < 4.78 is 20.4. The normalized spacial score (nSPS) is 12.7. The number of hydrogen-bond donors (Lipinski definition) is 0. The van der Waals surface area contributed by atoms with Gasteiger partial charge >= 0.3 is 5.97 Å². The van der Waals surface area contributed by atoms with E-state index < -0.39 is 5.97 Å². The molecule has 0 unspecified atom stereocenters. The molecule has 6 nitrogen and oxygen atoms in total. The molecule has 0 bridgehead atoms. The molecule has 4 aromatic rings. The first-order valence-electron chi connectivity index (χ1n) is 10.9. The number of benzene rings is 3. The maximum atomic E-state index is 13.8. The Morgan fingerprint density at radius 2 is 1.57 bits per heavy atom. The molecule has 0 aliphatic carbocycles. The maximum absolute atomic E-state index is 13.8. The molecule has 0 amide bonds. The Hall–Kier alpha value is -4.65. The second-order valence-corrected chi connectivity index (χ2v) is 7.88. The van der Waals surface area contributed by atoms with Gasteiger partial charge in [-0.15, -0.1) is 0 Å². The minimum atomic E-state index is -0.550. The Balaban J connectivity index is 1.82. The van der Waals surface area contributed by atoms with Gasteiger partial charge in [0.25, 0.3) is 0 Å². The summed E-state index contributed by atoms with van der Waals surface area (Å²) in [5.41, 5.74) is 3.71. The van der Waals surface area contributed by atoms with Crippen LogP contribution in [0.25, 0.3) is 23.0 Å². The van der Waals surface area contributed by atoms with E-state index in [0.29, 0.717) is 28.1 Å². The van der Waals surface area contributed by atoms with Crippen LogP contribution in [-0.4, -0.2) is 40.9 Å². The molecule has 0 fully saturated rings. The summed E-state index contributed by atoms with van der Waals surface area (Å²) in [4.78, 5) is 30.7. The zero-order valence-electron chi connectivity index (χ0n) is 18.8. The van der Waals surface area contributed by atoms with Gasteiger partial charge in [0, 0.05) is 11.1 Å². The van der Waals surface area contributed by atoms with E-state index in [1.807, 2.05) is 36.4 Å². The summed E-state index contributed by atoms with van der Waals surface area (Å²) in [6.45, 7) is -0.0366. The van der Waals surface area contributed by atoms with Crippen LogP contribution in [0.5, 0.6) is 0 Å². The van der Waals surface area contributed by atoms with E-state index in [9.17, 15) is 14.0 Å². The first-order chi connectivity index (χ1) is 17.1. The molecule has 1 aliphatic heterocycles. The summed E-state index contributed by atoms with van der Waals surface area (Å²) in [7, 11) is 1.29. The molecule has 1 aromatic heterocycles. The number of nitrogens with zero attached hydrogens (tertiary/aromatic N) is 3. The summed E-state index contributed by atoms with van der Waals surface area (Å²) in [5, 5.41) is 4.78. The third-order valence-corrected chi connectivity index (χ3v) is 5.68. The summed E-state index contributed by atoms with van der Waals surface area (Å²) in [5.74, 6) is -1.24. The molecule has 172 valence electrons. The van der Waals surface area contributed by atoms with Gasteiger partial charge in [0.1, 0.15) is 11.5 Å². The van der Waals surface area contributed by atoms with Crippen molar-refractivity contribution in [2.45, 2.75) is 0 Å². The van der Waals surface area contributed by atoms with E-state index in [-0.39, 0.29) is 29.4 Å². The number of halogens is 1. The lowest BCUT2D eigenvalue weighted by Gasteiger charge is -2.12. The van der Waals surface area contributed by atoms with Gasteiger partial charge < -0.3 is 4.74 Å². The number of ether oxygens (including phenoxy) is 1. The summed E-state index contributed by atoms with van der Waals surface area (Å²) in [6.07, 6.45) is 1.60. The van der Waals surface area contributed by atoms with Crippen LogP contribution in [-0.2, 0) is 9.53 Å². The van der Waals surface area contributed by atoms with Crippen molar-refractivity contribution >= 4 is 23.5 Å². The van der Waals surface area contributed by atoms with Crippen molar-refractivity contribution < 1.29 is 18.7 Å². The molecule has 0 radical (unpaired) electrons. The number of esters is 1. The Morgan fingerprint density at radius 1 is 0.914 bits per heavy atom. The summed E-state index contributed by atoms with van der Waals surface area (Å²) >= 11 is 0. The third kappa shape index (κ3) is 4.19. The molecule has 0 spiro atoms. The molecular weight excluding hydrogens is 445 g/mol. The number of ketones is 1. The van der Waals surface area contributed by atoms with Gasteiger partial charge in [0.15, 0.2) is 0 Å². The summed E-state index contributed by atoms with van der Waals surface area (Å²) in [6, 6.07) is 24.1. The lowest BCUT2D eigenvalue weighted by molar-refractivity contribution is -0.136. The number of fused-ring (bicyclic) bond motifs is 1. The van der Waals surface area contributed by atoms with E-state index in [0.717, 1.165) is 5.69 Å². The minimum Gasteiger partial charge on any atom is -0.466 e. The fraction of sp³-hybridized carbons (Fsp3) is 0.0714. The highest BCUT2D eigenvalue weighted by Crippen LogP contribution is 2.33. The van der Waals surface area contributed by atoms with Crippen molar-refractivity contribution in [2.24, 2.45) is 4.99 Å². The highest BCUT2D eigenvalue weighted by atomic mass is 19.1. The molecule has 0 N–H and O–H groups in total. The second kappa shape index (κ2) is 9.30. The molecule has 2 heterocycles. The number of aromatic nitrogens is 2. The van der Waals surface area contributed by atoms with Gasteiger partial charge in [0.2, 0.25) is 5.78 Å². The highest BCUT2D eigenvalue weighted by Gasteiger charge is 2.30. The Kier molecular flexibility index (Phi) is 5.89. The van der Waals surface area contributed by atoms with Gasteiger partial charge in [-0.25, -0.2) is 13.9 Å². The Morgan fingerprint density at radius 3 is 2.23 bits per heavy atom. The number of hydrogen-bond acceptors (Lipinski definition) is 5. The number of methoxy groups -OCH3 is 1. The fourth-order valence-electron chi connectivity index (χ4n) is 4.02. The molecule has 0 saturated heterocycles. The van der Waals surface area contributed by atoms with Crippen LogP contribution in [0.15, 0.2) is 95.5 Å². The fourth-order valence-corrected chi connectivity index (χ4v) is 4.02. The molecule has 1 aliphatic rings. The van der Waals surface area contributed by atoms with Crippen LogP contribution in [0.2, 0.25) is 0 Å². The molecule has 5 rings (SSSR count). The van der Waals surface area contributed by atoms with Gasteiger partial charge in [-0.1, -0.05) is 48.5 Å². The van der Waals surface area contributed by atoms with Crippen molar-refractivity contribution in [1.29, 1.82) is 0 Å². The zero-order chi connectivity index (χ0) is 24.4. The molecule has 0 atom stereocenters. The predicted molar refractivity (Wildman–Crippen MR) is 131 cm³/mol. The zero-order valence-corrected chi connectivity index (χ0v) is 18.8. The van der Waals surface area contributed by atoms with Crippen molar-refractivity contribution in [3.05, 3.63) is 113 Å².